The zero-order chi connectivity index (χ0) is 21.4. The van der Waals surface area contributed by atoms with Crippen molar-refractivity contribution in [3.8, 4) is 11.5 Å². The number of hydrogen-bond donors (Lipinski definition) is 1. The Hall–Kier alpha value is -3.13. The third-order valence-electron chi connectivity index (χ3n) is 4.09. The van der Waals surface area contributed by atoms with Crippen molar-refractivity contribution in [2.24, 2.45) is 5.10 Å². The lowest BCUT2D eigenvalue weighted by molar-refractivity contribution is -0.385. The van der Waals surface area contributed by atoms with Crippen molar-refractivity contribution < 1.29 is 19.2 Å². The SMILES string of the molecule is CCC(C)Oc1c(Cl)cc(C=NNC(=O)Cc2ccccc2[N+](=O)[O-])cc1OC. The molecule has 1 unspecified atom stereocenters. The zero-order valence-electron chi connectivity index (χ0n) is 16.3. The largest absolute Gasteiger partial charge is 0.493 e. The van der Waals surface area contributed by atoms with Crippen LogP contribution in [0.15, 0.2) is 41.5 Å². The number of para-hydroxylation sites is 1. The Bertz CT molecular complexity index is 917. The summed E-state index contributed by atoms with van der Waals surface area (Å²) in [6.07, 6.45) is 2.02. The first-order chi connectivity index (χ1) is 13.8. The first kappa shape index (κ1) is 22.2. The van der Waals surface area contributed by atoms with E-state index in [1.807, 2.05) is 13.8 Å². The van der Waals surface area contributed by atoms with Crippen LogP contribution < -0.4 is 14.9 Å². The van der Waals surface area contributed by atoms with Crippen LogP contribution in [0.2, 0.25) is 5.02 Å². The van der Waals surface area contributed by atoms with E-state index in [1.165, 1.54) is 25.5 Å². The summed E-state index contributed by atoms with van der Waals surface area (Å²) in [6, 6.07) is 9.38. The number of halogens is 1. The van der Waals surface area contributed by atoms with Gasteiger partial charge in [-0.05, 0) is 31.0 Å². The molecule has 2 rings (SSSR count). The van der Waals surface area contributed by atoms with Crippen LogP contribution in [0, 0.1) is 10.1 Å². The van der Waals surface area contributed by atoms with E-state index in [2.05, 4.69) is 10.5 Å². The molecular formula is C20H22ClN3O5. The van der Waals surface area contributed by atoms with E-state index in [4.69, 9.17) is 21.1 Å². The second-order valence-electron chi connectivity index (χ2n) is 6.23. The molecule has 9 heteroatoms. The number of nitrogens with zero attached hydrogens (tertiary/aromatic N) is 2. The van der Waals surface area contributed by atoms with E-state index in [9.17, 15) is 14.9 Å². The van der Waals surface area contributed by atoms with Crippen molar-refractivity contribution in [1.29, 1.82) is 0 Å². The smallest absolute Gasteiger partial charge is 0.273 e. The summed E-state index contributed by atoms with van der Waals surface area (Å²) in [6.45, 7) is 3.93. The quantitative estimate of drug-likeness (QED) is 0.374. The molecule has 0 aliphatic rings. The number of benzene rings is 2. The molecule has 0 fully saturated rings. The number of rotatable bonds is 9. The van der Waals surface area contributed by atoms with Crippen molar-refractivity contribution in [2.45, 2.75) is 32.8 Å². The average molecular weight is 420 g/mol. The Labute approximate surface area is 173 Å². The average Bonchev–Trinajstić information content (AvgIpc) is 2.69. The molecule has 0 saturated carbocycles. The number of hydrazone groups is 1. The Kier molecular flexibility index (Phi) is 7.97. The van der Waals surface area contributed by atoms with E-state index < -0.39 is 10.8 Å². The highest BCUT2D eigenvalue weighted by molar-refractivity contribution is 6.32. The van der Waals surface area contributed by atoms with E-state index in [-0.39, 0.29) is 18.2 Å². The number of carbonyl (C=O) groups is 1. The van der Waals surface area contributed by atoms with Gasteiger partial charge in [0.2, 0.25) is 5.91 Å². The molecule has 0 aromatic heterocycles. The van der Waals surface area contributed by atoms with Crippen LogP contribution in [0.4, 0.5) is 5.69 Å². The van der Waals surface area contributed by atoms with Gasteiger partial charge >= 0.3 is 0 Å². The minimum atomic E-state index is -0.525. The third kappa shape index (κ3) is 6.18. The number of ether oxygens (including phenoxy) is 2. The normalized spacial score (nSPS) is 11.9. The minimum Gasteiger partial charge on any atom is -0.493 e. The second-order valence-corrected chi connectivity index (χ2v) is 6.63. The number of nitro benzene ring substituents is 1. The van der Waals surface area contributed by atoms with Gasteiger partial charge in [0.25, 0.3) is 5.69 Å². The number of methoxy groups -OCH3 is 1. The molecule has 154 valence electrons. The Balaban J connectivity index is 2.07. The monoisotopic (exact) mass is 419 g/mol. The summed E-state index contributed by atoms with van der Waals surface area (Å²) >= 11 is 6.29. The molecule has 8 nitrogen and oxygen atoms in total. The van der Waals surface area contributed by atoms with Crippen LogP contribution in [-0.2, 0) is 11.2 Å². The molecule has 2 aromatic rings. The molecule has 0 bridgehead atoms. The van der Waals surface area contributed by atoms with Crippen molar-refractivity contribution in [3.63, 3.8) is 0 Å². The van der Waals surface area contributed by atoms with E-state index in [1.54, 1.807) is 24.3 Å². The summed E-state index contributed by atoms with van der Waals surface area (Å²) in [7, 11) is 1.50. The van der Waals surface area contributed by atoms with Gasteiger partial charge in [-0.15, -0.1) is 0 Å². The van der Waals surface area contributed by atoms with Crippen molar-refractivity contribution in [3.05, 3.63) is 62.7 Å². The summed E-state index contributed by atoms with van der Waals surface area (Å²) in [5.74, 6) is 0.414. The van der Waals surface area contributed by atoms with Crippen molar-refractivity contribution >= 4 is 29.4 Å². The van der Waals surface area contributed by atoms with Crippen LogP contribution >= 0.6 is 11.6 Å². The molecule has 0 radical (unpaired) electrons. The van der Waals surface area contributed by atoms with Crippen LogP contribution in [0.5, 0.6) is 11.5 Å². The standard InChI is InChI=1S/C20H22ClN3O5/c1-4-13(2)29-20-16(21)9-14(10-18(20)28-3)12-22-23-19(25)11-15-7-5-6-8-17(15)24(26)27/h5-10,12-13H,4,11H2,1-3H3,(H,23,25). The van der Waals surface area contributed by atoms with Gasteiger partial charge in [-0.2, -0.15) is 5.10 Å². The Morgan fingerprint density at radius 1 is 1.38 bits per heavy atom. The molecule has 0 spiro atoms. The molecule has 0 saturated heterocycles. The van der Waals surface area contributed by atoms with Crippen LogP contribution in [0.3, 0.4) is 0 Å². The summed E-state index contributed by atoms with van der Waals surface area (Å²) in [5.41, 5.74) is 3.14. The maximum Gasteiger partial charge on any atom is 0.273 e. The number of amides is 1. The van der Waals surface area contributed by atoms with E-state index in [0.717, 1.165) is 6.42 Å². The van der Waals surface area contributed by atoms with Gasteiger partial charge < -0.3 is 9.47 Å². The van der Waals surface area contributed by atoms with Crippen molar-refractivity contribution in [1.82, 2.24) is 5.43 Å². The first-order valence-corrected chi connectivity index (χ1v) is 9.31. The predicted molar refractivity (Wildman–Crippen MR) is 111 cm³/mol. The second kappa shape index (κ2) is 10.4. The molecule has 0 aliphatic carbocycles. The maximum atomic E-state index is 12.1. The fourth-order valence-corrected chi connectivity index (χ4v) is 2.71. The number of carbonyl (C=O) groups excluding carboxylic acids is 1. The van der Waals surface area contributed by atoms with Gasteiger partial charge in [0.15, 0.2) is 11.5 Å². The highest BCUT2D eigenvalue weighted by Gasteiger charge is 2.16. The number of nitrogens with one attached hydrogen (secondary N) is 1. The zero-order valence-corrected chi connectivity index (χ0v) is 17.1. The van der Waals surface area contributed by atoms with E-state index in [0.29, 0.717) is 27.6 Å². The minimum absolute atomic E-state index is 0.0257. The van der Waals surface area contributed by atoms with Crippen LogP contribution in [0.1, 0.15) is 31.4 Å². The molecule has 0 aliphatic heterocycles. The Morgan fingerprint density at radius 2 is 2.10 bits per heavy atom. The molecule has 1 N–H and O–H groups in total. The molecular weight excluding hydrogens is 398 g/mol. The van der Waals surface area contributed by atoms with Gasteiger partial charge in [0.05, 0.1) is 35.8 Å². The van der Waals surface area contributed by atoms with Gasteiger partial charge in [0, 0.05) is 11.6 Å². The predicted octanol–water partition coefficient (Wildman–Crippen LogP) is 4.13. The first-order valence-electron chi connectivity index (χ1n) is 8.94. The number of nitro groups is 1. The van der Waals surface area contributed by atoms with Gasteiger partial charge in [-0.1, -0.05) is 36.7 Å². The molecule has 2 aromatic carbocycles. The third-order valence-corrected chi connectivity index (χ3v) is 4.37. The van der Waals surface area contributed by atoms with Gasteiger partial charge in [-0.3, -0.25) is 14.9 Å². The summed E-state index contributed by atoms with van der Waals surface area (Å²) < 4.78 is 11.1. The lowest BCUT2D eigenvalue weighted by Gasteiger charge is -2.17. The topological polar surface area (TPSA) is 103 Å². The van der Waals surface area contributed by atoms with Crippen LogP contribution in [-0.4, -0.2) is 30.3 Å². The molecule has 1 amide bonds. The Morgan fingerprint density at radius 3 is 2.76 bits per heavy atom. The summed E-state index contributed by atoms with van der Waals surface area (Å²) in [4.78, 5) is 22.6. The summed E-state index contributed by atoms with van der Waals surface area (Å²) in [5, 5.41) is 15.3. The highest BCUT2D eigenvalue weighted by Crippen LogP contribution is 2.37. The fourth-order valence-electron chi connectivity index (χ4n) is 2.44. The lowest BCUT2D eigenvalue weighted by Crippen LogP contribution is -2.20. The van der Waals surface area contributed by atoms with Gasteiger partial charge in [0.1, 0.15) is 0 Å². The van der Waals surface area contributed by atoms with Crippen molar-refractivity contribution in [2.75, 3.05) is 7.11 Å². The highest BCUT2D eigenvalue weighted by atomic mass is 35.5. The molecule has 29 heavy (non-hydrogen) atoms. The van der Waals surface area contributed by atoms with Gasteiger partial charge in [-0.25, -0.2) is 5.43 Å². The fraction of sp³-hybridized carbons (Fsp3) is 0.300. The van der Waals surface area contributed by atoms with E-state index >= 15 is 0 Å². The molecule has 0 heterocycles. The molecule has 1 atom stereocenters. The lowest BCUT2D eigenvalue weighted by atomic mass is 10.1. The van der Waals surface area contributed by atoms with Crippen LogP contribution in [0.25, 0.3) is 0 Å². The number of hydrogen-bond acceptors (Lipinski definition) is 6. The maximum absolute atomic E-state index is 12.1.